The number of aliphatic hydroxyl groups excluding tert-OH is 1. The van der Waals surface area contributed by atoms with Crippen LogP contribution in [-0.2, 0) is 4.79 Å². The molecule has 0 radical (unpaired) electrons. The van der Waals surface area contributed by atoms with Crippen LogP contribution in [-0.4, -0.2) is 35.6 Å². The van der Waals surface area contributed by atoms with E-state index in [9.17, 15) is 9.90 Å². The molecule has 1 aliphatic heterocycles. The van der Waals surface area contributed by atoms with Crippen LogP contribution in [0.2, 0.25) is 0 Å². The smallest absolute Gasteiger partial charge is 0.210 e. The van der Waals surface area contributed by atoms with Crippen molar-refractivity contribution < 1.29 is 9.90 Å². The first-order valence-corrected chi connectivity index (χ1v) is 4.06. The number of hydrogen-bond donors (Lipinski definition) is 1. The van der Waals surface area contributed by atoms with E-state index < -0.39 is 0 Å². The Morgan fingerprint density at radius 1 is 1.58 bits per heavy atom. The molecule has 1 N–H and O–H groups in total. The molecule has 1 atom stereocenters. The molecule has 0 saturated heterocycles. The molecule has 3 nitrogen and oxygen atoms in total. The van der Waals surface area contributed by atoms with Crippen LogP contribution in [0.25, 0.3) is 0 Å². The van der Waals surface area contributed by atoms with Gasteiger partial charge in [0, 0.05) is 19.5 Å². The molecule has 0 aromatic heterocycles. The van der Waals surface area contributed by atoms with Crippen molar-refractivity contribution >= 4 is 6.41 Å². The van der Waals surface area contributed by atoms with E-state index in [2.05, 4.69) is 0 Å². The molecule has 0 saturated carbocycles. The molecule has 0 aromatic carbocycles. The van der Waals surface area contributed by atoms with E-state index in [0.717, 1.165) is 6.41 Å². The average Bonchev–Trinajstić information content (AvgIpc) is 2.46. The van der Waals surface area contributed by atoms with E-state index in [1.54, 1.807) is 11.0 Å². The topological polar surface area (TPSA) is 40.5 Å². The maximum atomic E-state index is 10.4. The van der Waals surface area contributed by atoms with Crippen LogP contribution in [0, 0.1) is 0 Å². The quantitative estimate of drug-likeness (QED) is 0.559. The van der Waals surface area contributed by atoms with E-state index in [1.807, 2.05) is 6.08 Å². The van der Waals surface area contributed by atoms with Gasteiger partial charge in [-0.3, -0.25) is 4.79 Å². The minimum absolute atomic E-state index is 0.352. The van der Waals surface area contributed by atoms with Gasteiger partial charge in [-0.1, -0.05) is 12.2 Å². The minimum Gasteiger partial charge on any atom is -0.389 e. The van der Waals surface area contributed by atoms with Crippen molar-refractivity contribution in [3.63, 3.8) is 0 Å². The number of hydrogen-bond acceptors (Lipinski definition) is 2. The third-order valence-corrected chi connectivity index (χ3v) is 2.35. The molecule has 12 heavy (non-hydrogen) atoms. The van der Waals surface area contributed by atoms with Gasteiger partial charge in [0.05, 0.1) is 6.10 Å². The van der Waals surface area contributed by atoms with Gasteiger partial charge in [-0.2, -0.15) is 0 Å². The molecule has 1 amide bonds. The summed E-state index contributed by atoms with van der Waals surface area (Å²) in [7, 11) is 0. The van der Waals surface area contributed by atoms with Crippen molar-refractivity contribution in [1.29, 1.82) is 0 Å². The van der Waals surface area contributed by atoms with Crippen molar-refractivity contribution in [2.45, 2.75) is 12.5 Å². The number of carbonyl (C=O) groups is 1. The molecule has 0 bridgehead atoms. The van der Waals surface area contributed by atoms with Crippen LogP contribution < -0.4 is 0 Å². The van der Waals surface area contributed by atoms with E-state index in [0.29, 0.717) is 19.5 Å². The fraction of sp³-hybridized carbons (Fsp3) is 0.444. The van der Waals surface area contributed by atoms with Crippen molar-refractivity contribution in [1.82, 2.24) is 4.90 Å². The van der Waals surface area contributed by atoms with Crippen molar-refractivity contribution in [2.24, 2.45) is 0 Å². The molecule has 0 aromatic rings. The van der Waals surface area contributed by atoms with Crippen LogP contribution in [0.3, 0.4) is 0 Å². The Balaban J connectivity index is 2.14. The zero-order valence-electron chi connectivity index (χ0n) is 6.73. The summed E-state index contributed by atoms with van der Waals surface area (Å²) in [6, 6.07) is 0. The van der Waals surface area contributed by atoms with Gasteiger partial charge in [-0.25, -0.2) is 0 Å². The van der Waals surface area contributed by atoms with Gasteiger partial charge in [0.15, 0.2) is 0 Å². The van der Waals surface area contributed by atoms with Crippen LogP contribution in [0.1, 0.15) is 6.42 Å². The molecule has 1 unspecified atom stereocenters. The van der Waals surface area contributed by atoms with Gasteiger partial charge in [0.2, 0.25) is 6.41 Å². The third kappa shape index (κ3) is 1.16. The van der Waals surface area contributed by atoms with Gasteiger partial charge < -0.3 is 10.0 Å². The molecule has 0 spiro atoms. The Labute approximate surface area is 71.0 Å². The molecule has 1 heterocycles. The van der Waals surface area contributed by atoms with Gasteiger partial charge in [-0.05, 0) is 11.1 Å². The lowest BCUT2D eigenvalue weighted by molar-refractivity contribution is -0.117. The summed E-state index contributed by atoms with van der Waals surface area (Å²) in [6.45, 7) is 1.41. The fourth-order valence-electron chi connectivity index (χ4n) is 1.72. The molecule has 64 valence electrons. The minimum atomic E-state index is -0.352. The standard InChI is InChI=1S/C9H11NO2/c11-6-10-4-7-1-2-9(12)3-8(7)5-10/h1-2,6,9,12H,3-5H2. The number of rotatable bonds is 1. The summed E-state index contributed by atoms with van der Waals surface area (Å²) in [4.78, 5) is 12.2. The van der Waals surface area contributed by atoms with Crippen LogP contribution >= 0.6 is 0 Å². The van der Waals surface area contributed by atoms with E-state index in [4.69, 9.17) is 0 Å². The summed E-state index contributed by atoms with van der Waals surface area (Å²) < 4.78 is 0. The monoisotopic (exact) mass is 165 g/mol. The lowest BCUT2D eigenvalue weighted by atomic mass is 9.98. The predicted molar refractivity (Wildman–Crippen MR) is 44.4 cm³/mol. The first-order valence-electron chi connectivity index (χ1n) is 4.06. The average molecular weight is 165 g/mol. The second-order valence-electron chi connectivity index (χ2n) is 3.27. The van der Waals surface area contributed by atoms with E-state index in [1.165, 1.54) is 11.1 Å². The molecule has 0 fully saturated rings. The third-order valence-electron chi connectivity index (χ3n) is 2.35. The fourth-order valence-corrected chi connectivity index (χ4v) is 1.72. The van der Waals surface area contributed by atoms with Crippen molar-refractivity contribution in [3.05, 3.63) is 23.3 Å². The normalized spacial score (nSPS) is 27.8. The predicted octanol–water partition coefficient (Wildman–Crippen LogP) is 0.0758. The maximum absolute atomic E-state index is 10.4. The van der Waals surface area contributed by atoms with Crippen molar-refractivity contribution in [2.75, 3.05) is 13.1 Å². The second-order valence-corrected chi connectivity index (χ2v) is 3.27. The SMILES string of the molecule is O=CN1CC2=C(CC(O)C=C2)C1. The molecule has 2 rings (SSSR count). The zero-order valence-corrected chi connectivity index (χ0v) is 6.73. The van der Waals surface area contributed by atoms with E-state index in [-0.39, 0.29) is 6.10 Å². The molecule has 3 heteroatoms. The second kappa shape index (κ2) is 2.75. The Hall–Kier alpha value is -1.09. The number of aliphatic hydroxyl groups is 1. The highest BCUT2D eigenvalue weighted by Gasteiger charge is 2.22. The highest BCUT2D eigenvalue weighted by molar-refractivity contribution is 5.53. The first-order chi connectivity index (χ1) is 5.79. The molecule has 2 aliphatic rings. The summed E-state index contributed by atoms with van der Waals surface area (Å²) in [5.41, 5.74) is 2.41. The largest absolute Gasteiger partial charge is 0.389 e. The Morgan fingerprint density at radius 3 is 3.17 bits per heavy atom. The van der Waals surface area contributed by atoms with Gasteiger partial charge in [0.25, 0.3) is 0 Å². The summed E-state index contributed by atoms with van der Waals surface area (Å²) >= 11 is 0. The van der Waals surface area contributed by atoms with Crippen LogP contribution in [0.15, 0.2) is 23.3 Å². The molecular formula is C9H11NO2. The summed E-state index contributed by atoms with van der Waals surface area (Å²) in [5, 5.41) is 9.29. The summed E-state index contributed by atoms with van der Waals surface area (Å²) in [6.07, 6.45) is 4.91. The Morgan fingerprint density at radius 2 is 2.42 bits per heavy atom. The number of nitrogens with zero attached hydrogens (tertiary/aromatic N) is 1. The van der Waals surface area contributed by atoms with Crippen molar-refractivity contribution in [3.8, 4) is 0 Å². The highest BCUT2D eigenvalue weighted by Crippen LogP contribution is 2.25. The van der Waals surface area contributed by atoms with Gasteiger partial charge in [0.1, 0.15) is 0 Å². The van der Waals surface area contributed by atoms with Crippen LogP contribution in [0.5, 0.6) is 0 Å². The highest BCUT2D eigenvalue weighted by atomic mass is 16.3. The Kier molecular flexibility index (Phi) is 1.73. The lowest BCUT2D eigenvalue weighted by Crippen LogP contribution is -2.19. The first kappa shape index (κ1) is 7.55. The molecular weight excluding hydrogens is 154 g/mol. The number of carbonyl (C=O) groups excluding carboxylic acids is 1. The Bertz CT molecular complexity index is 268. The van der Waals surface area contributed by atoms with E-state index >= 15 is 0 Å². The van der Waals surface area contributed by atoms with Gasteiger partial charge in [-0.15, -0.1) is 0 Å². The molecule has 1 aliphatic carbocycles. The zero-order chi connectivity index (χ0) is 8.55. The van der Waals surface area contributed by atoms with Gasteiger partial charge >= 0.3 is 0 Å². The maximum Gasteiger partial charge on any atom is 0.210 e. The number of amides is 1. The lowest BCUT2D eigenvalue weighted by Gasteiger charge is -2.11. The van der Waals surface area contributed by atoms with Crippen LogP contribution in [0.4, 0.5) is 0 Å². The summed E-state index contributed by atoms with van der Waals surface area (Å²) in [5.74, 6) is 0.